The lowest BCUT2D eigenvalue weighted by atomic mass is 10.1. The highest BCUT2D eigenvalue weighted by molar-refractivity contribution is 5.85. The second-order valence-corrected chi connectivity index (χ2v) is 5.44. The average Bonchev–Trinajstić information content (AvgIpc) is 2.72. The molecule has 0 spiro atoms. The summed E-state index contributed by atoms with van der Waals surface area (Å²) in [5.41, 5.74) is 7.65. The van der Waals surface area contributed by atoms with Crippen LogP contribution in [-0.2, 0) is 16.0 Å². The van der Waals surface area contributed by atoms with Crippen molar-refractivity contribution in [1.29, 1.82) is 0 Å². The first-order chi connectivity index (χ1) is 10.1. The van der Waals surface area contributed by atoms with E-state index in [-0.39, 0.29) is 24.2 Å². The van der Waals surface area contributed by atoms with E-state index in [1.807, 2.05) is 34.1 Å². The number of anilines is 1. The summed E-state index contributed by atoms with van der Waals surface area (Å²) in [5, 5.41) is 0. The van der Waals surface area contributed by atoms with E-state index in [4.69, 9.17) is 5.73 Å². The number of nitrogen functional groups attached to an aromatic ring is 1. The maximum atomic E-state index is 12.3. The minimum atomic E-state index is 0. The molecule has 0 atom stereocenters. The Labute approximate surface area is 137 Å². The van der Waals surface area contributed by atoms with E-state index in [0.717, 1.165) is 30.8 Å². The zero-order chi connectivity index (χ0) is 15.2. The minimum Gasteiger partial charge on any atom is -0.399 e. The predicted molar refractivity (Wildman–Crippen MR) is 89.9 cm³/mol. The van der Waals surface area contributed by atoms with E-state index in [1.165, 1.54) is 0 Å². The van der Waals surface area contributed by atoms with Gasteiger partial charge < -0.3 is 15.5 Å². The van der Waals surface area contributed by atoms with E-state index in [9.17, 15) is 9.59 Å². The maximum Gasteiger partial charge on any atom is 0.222 e. The number of carbonyl (C=O) groups excluding carboxylic acids is 2. The van der Waals surface area contributed by atoms with Crippen LogP contribution in [0, 0.1) is 0 Å². The van der Waals surface area contributed by atoms with Crippen molar-refractivity contribution in [2.45, 2.75) is 26.2 Å². The molecular weight excluding hydrogens is 302 g/mol. The van der Waals surface area contributed by atoms with Crippen LogP contribution in [-0.4, -0.2) is 47.8 Å². The second kappa shape index (κ2) is 8.63. The average molecular weight is 326 g/mol. The number of amides is 2. The van der Waals surface area contributed by atoms with E-state index in [1.54, 1.807) is 6.92 Å². The molecule has 1 aromatic rings. The van der Waals surface area contributed by atoms with Crippen molar-refractivity contribution in [3.05, 3.63) is 29.8 Å². The molecule has 2 amide bonds. The summed E-state index contributed by atoms with van der Waals surface area (Å²) in [6.07, 6.45) is 1.98. The summed E-state index contributed by atoms with van der Waals surface area (Å²) < 4.78 is 0. The Bertz CT molecular complexity index is 522. The van der Waals surface area contributed by atoms with Gasteiger partial charge in [0.05, 0.1) is 0 Å². The van der Waals surface area contributed by atoms with Crippen LogP contribution in [0.4, 0.5) is 5.69 Å². The molecule has 1 aromatic carbocycles. The zero-order valence-corrected chi connectivity index (χ0v) is 13.8. The molecule has 0 radical (unpaired) electrons. The van der Waals surface area contributed by atoms with E-state index >= 15 is 0 Å². The molecule has 1 aliphatic heterocycles. The standard InChI is InChI=1S/C16H23N3O2.ClH/c1-13(20)18-9-4-10-19(12-11-18)16(21)8-7-14-5-2-3-6-15(14)17;/h2-3,5-6H,4,7-12,17H2,1H3;1H. The fourth-order valence-corrected chi connectivity index (χ4v) is 2.64. The van der Waals surface area contributed by atoms with Crippen LogP contribution in [0.1, 0.15) is 25.3 Å². The Balaban J connectivity index is 0.00000242. The summed E-state index contributed by atoms with van der Waals surface area (Å²) in [6, 6.07) is 7.65. The van der Waals surface area contributed by atoms with Gasteiger partial charge >= 0.3 is 0 Å². The second-order valence-electron chi connectivity index (χ2n) is 5.44. The van der Waals surface area contributed by atoms with Gasteiger partial charge in [-0.25, -0.2) is 0 Å². The van der Waals surface area contributed by atoms with Gasteiger partial charge in [-0.15, -0.1) is 12.4 Å². The highest BCUT2D eigenvalue weighted by Gasteiger charge is 2.20. The third-order valence-electron chi connectivity index (χ3n) is 3.96. The Morgan fingerprint density at radius 3 is 2.41 bits per heavy atom. The lowest BCUT2D eigenvalue weighted by Gasteiger charge is -2.21. The Morgan fingerprint density at radius 2 is 1.73 bits per heavy atom. The fourth-order valence-electron chi connectivity index (χ4n) is 2.64. The van der Waals surface area contributed by atoms with E-state index in [0.29, 0.717) is 25.9 Å². The van der Waals surface area contributed by atoms with E-state index < -0.39 is 0 Å². The van der Waals surface area contributed by atoms with Gasteiger partial charge in [-0.3, -0.25) is 9.59 Å². The van der Waals surface area contributed by atoms with Gasteiger partial charge in [0.2, 0.25) is 11.8 Å². The third-order valence-corrected chi connectivity index (χ3v) is 3.96. The largest absolute Gasteiger partial charge is 0.399 e. The maximum absolute atomic E-state index is 12.3. The Hall–Kier alpha value is -1.75. The van der Waals surface area contributed by atoms with Gasteiger partial charge in [0, 0.05) is 45.2 Å². The van der Waals surface area contributed by atoms with Crippen molar-refractivity contribution in [2.24, 2.45) is 0 Å². The number of benzene rings is 1. The molecule has 22 heavy (non-hydrogen) atoms. The van der Waals surface area contributed by atoms with Crippen LogP contribution in [0.15, 0.2) is 24.3 Å². The highest BCUT2D eigenvalue weighted by atomic mass is 35.5. The van der Waals surface area contributed by atoms with Crippen molar-refractivity contribution in [2.75, 3.05) is 31.9 Å². The fraction of sp³-hybridized carbons (Fsp3) is 0.500. The van der Waals surface area contributed by atoms with Crippen LogP contribution < -0.4 is 5.73 Å². The molecule has 0 bridgehead atoms. The zero-order valence-electron chi connectivity index (χ0n) is 13.0. The highest BCUT2D eigenvalue weighted by Crippen LogP contribution is 2.14. The smallest absolute Gasteiger partial charge is 0.222 e. The number of para-hydroxylation sites is 1. The molecule has 2 rings (SSSR count). The number of hydrogen-bond acceptors (Lipinski definition) is 3. The van der Waals surface area contributed by atoms with Crippen molar-refractivity contribution >= 4 is 29.9 Å². The monoisotopic (exact) mass is 325 g/mol. The molecule has 1 heterocycles. The first kappa shape index (κ1) is 18.3. The molecule has 5 nitrogen and oxygen atoms in total. The lowest BCUT2D eigenvalue weighted by Crippen LogP contribution is -2.36. The molecule has 6 heteroatoms. The van der Waals surface area contributed by atoms with Gasteiger partial charge in [-0.1, -0.05) is 18.2 Å². The number of carbonyl (C=O) groups is 2. The third kappa shape index (κ3) is 4.91. The summed E-state index contributed by atoms with van der Waals surface area (Å²) in [6.45, 7) is 4.31. The van der Waals surface area contributed by atoms with Gasteiger partial charge in [0.25, 0.3) is 0 Å². The van der Waals surface area contributed by atoms with Crippen molar-refractivity contribution in [1.82, 2.24) is 9.80 Å². The molecule has 0 unspecified atom stereocenters. The SMILES string of the molecule is CC(=O)N1CCCN(C(=O)CCc2ccccc2N)CC1.Cl. The van der Waals surface area contributed by atoms with Crippen LogP contribution in [0.25, 0.3) is 0 Å². The number of nitrogens with two attached hydrogens (primary N) is 1. The number of aryl methyl sites for hydroxylation is 1. The summed E-state index contributed by atoms with van der Waals surface area (Å²) >= 11 is 0. The molecule has 0 aromatic heterocycles. The predicted octanol–water partition coefficient (Wildman–Crippen LogP) is 1.70. The first-order valence-electron chi connectivity index (χ1n) is 7.44. The summed E-state index contributed by atoms with van der Waals surface area (Å²) in [4.78, 5) is 27.3. The minimum absolute atomic E-state index is 0. The van der Waals surface area contributed by atoms with Gasteiger partial charge in [-0.2, -0.15) is 0 Å². The number of rotatable bonds is 3. The van der Waals surface area contributed by atoms with Crippen LogP contribution in [0.2, 0.25) is 0 Å². The molecule has 2 N–H and O–H groups in total. The number of halogens is 1. The Kier molecular flexibility index (Phi) is 7.18. The summed E-state index contributed by atoms with van der Waals surface area (Å²) in [7, 11) is 0. The summed E-state index contributed by atoms with van der Waals surface area (Å²) in [5.74, 6) is 0.227. The molecule has 0 saturated carbocycles. The van der Waals surface area contributed by atoms with Crippen molar-refractivity contribution in [3.63, 3.8) is 0 Å². The molecular formula is C16H24ClN3O2. The molecule has 1 fully saturated rings. The van der Waals surface area contributed by atoms with Gasteiger partial charge in [-0.05, 0) is 24.5 Å². The topological polar surface area (TPSA) is 66.6 Å². The van der Waals surface area contributed by atoms with Crippen LogP contribution >= 0.6 is 12.4 Å². The van der Waals surface area contributed by atoms with Gasteiger partial charge in [0.15, 0.2) is 0 Å². The van der Waals surface area contributed by atoms with Gasteiger partial charge in [0.1, 0.15) is 0 Å². The normalized spacial score (nSPS) is 15.0. The molecule has 122 valence electrons. The molecule has 1 saturated heterocycles. The van der Waals surface area contributed by atoms with Crippen LogP contribution in [0.5, 0.6) is 0 Å². The number of nitrogens with zero attached hydrogens (tertiary/aromatic N) is 2. The Morgan fingerprint density at radius 1 is 1.09 bits per heavy atom. The molecule has 0 aliphatic carbocycles. The van der Waals surface area contributed by atoms with E-state index in [2.05, 4.69) is 0 Å². The van der Waals surface area contributed by atoms with Crippen molar-refractivity contribution in [3.8, 4) is 0 Å². The van der Waals surface area contributed by atoms with Crippen molar-refractivity contribution < 1.29 is 9.59 Å². The number of hydrogen-bond donors (Lipinski definition) is 1. The quantitative estimate of drug-likeness (QED) is 0.860. The molecule has 1 aliphatic rings. The van der Waals surface area contributed by atoms with Crippen LogP contribution in [0.3, 0.4) is 0 Å². The first-order valence-corrected chi connectivity index (χ1v) is 7.44. The lowest BCUT2D eigenvalue weighted by molar-refractivity contribution is -0.132.